The van der Waals surface area contributed by atoms with Gasteiger partial charge in [-0.05, 0) is 24.3 Å². The Balaban J connectivity index is 1.59. The highest BCUT2D eigenvalue weighted by Gasteiger charge is 2.10. The minimum absolute atomic E-state index is 0.640. The molecule has 0 saturated carbocycles. The van der Waals surface area contributed by atoms with Crippen LogP contribution >= 0.6 is 0 Å². The van der Waals surface area contributed by atoms with Crippen LogP contribution in [0.15, 0.2) is 79.5 Å². The molecule has 140 valence electrons. The van der Waals surface area contributed by atoms with Crippen LogP contribution < -0.4 is 16.4 Å². The summed E-state index contributed by atoms with van der Waals surface area (Å²) >= 11 is 0. The molecule has 0 unspecified atom stereocenters. The van der Waals surface area contributed by atoms with Crippen molar-refractivity contribution in [2.45, 2.75) is 0 Å². The van der Waals surface area contributed by atoms with Gasteiger partial charge in [0.25, 0.3) is 0 Å². The zero-order valence-electron chi connectivity index (χ0n) is 15.4. The number of hydrogen-bond acceptors (Lipinski definition) is 7. The summed E-state index contributed by atoms with van der Waals surface area (Å²) in [6.45, 7) is 0. The summed E-state index contributed by atoms with van der Waals surface area (Å²) in [6.07, 6.45) is 8.47. The van der Waals surface area contributed by atoms with Crippen molar-refractivity contribution in [1.29, 1.82) is 0 Å². The average molecular weight is 379 g/mol. The smallest absolute Gasteiger partial charge is 0.150 e. The van der Waals surface area contributed by atoms with E-state index in [1.54, 1.807) is 31.0 Å². The van der Waals surface area contributed by atoms with Crippen LogP contribution in [-0.2, 0) is 0 Å². The molecule has 0 aliphatic heterocycles. The van der Waals surface area contributed by atoms with E-state index in [1.165, 1.54) is 0 Å². The second kappa shape index (κ2) is 7.05. The number of pyridine rings is 2. The Morgan fingerprint density at radius 3 is 2.38 bits per heavy atom. The zero-order chi connectivity index (χ0) is 19.6. The van der Waals surface area contributed by atoms with Crippen molar-refractivity contribution in [3.63, 3.8) is 0 Å². The van der Waals surface area contributed by atoms with E-state index in [4.69, 9.17) is 5.73 Å². The molecule has 0 atom stereocenters. The second-order valence-electron chi connectivity index (χ2n) is 6.50. The van der Waals surface area contributed by atoms with Crippen LogP contribution in [0.2, 0.25) is 0 Å². The van der Waals surface area contributed by atoms with E-state index in [9.17, 15) is 0 Å². The van der Waals surface area contributed by atoms with E-state index in [-0.39, 0.29) is 0 Å². The molecular formula is C22H17N7. The van der Waals surface area contributed by atoms with E-state index < -0.39 is 0 Å². The maximum atomic E-state index is 6.08. The molecule has 0 spiro atoms. The summed E-state index contributed by atoms with van der Waals surface area (Å²) in [5.41, 5.74) is 9.42. The number of benzene rings is 2. The van der Waals surface area contributed by atoms with Crippen LogP contribution in [0.1, 0.15) is 0 Å². The molecule has 0 radical (unpaired) electrons. The molecule has 3 heterocycles. The van der Waals surface area contributed by atoms with Crippen LogP contribution in [0.25, 0.3) is 21.7 Å². The number of nitrogens with one attached hydrogen (secondary N) is 2. The Hall–Kier alpha value is -4.26. The molecule has 0 aliphatic carbocycles. The number of aromatic nitrogens is 4. The Morgan fingerprint density at radius 1 is 0.655 bits per heavy atom. The molecule has 5 aromatic rings. The van der Waals surface area contributed by atoms with Crippen molar-refractivity contribution in [3.8, 4) is 0 Å². The third-order valence-corrected chi connectivity index (χ3v) is 4.69. The fourth-order valence-electron chi connectivity index (χ4n) is 3.35. The van der Waals surface area contributed by atoms with E-state index >= 15 is 0 Å². The van der Waals surface area contributed by atoms with E-state index in [2.05, 4.69) is 30.6 Å². The van der Waals surface area contributed by atoms with Gasteiger partial charge in [0, 0.05) is 52.3 Å². The van der Waals surface area contributed by atoms with Gasteiger partial charge in [-0.1, -0.05) is 24.3 Å². The van der Waals surface area contributed by atoms with Crippen molar-refractivity contribution in [2.75, 3.05) is 16.4 Å². The number of fused-ring (bicyclic) bond motifs is 2. The van der Waals surface area contributed by atoms with Gasteiger partial charge in [-0.3, -0.25) is 9.97 Å². The fraction of sp³-hybridized carbons (Fsp3) is 0. The van der Waals surface area contributed by atoms with Gasteiger partial charge in [0.1, 0.15) is 11.6 Å². The minimum Gasteiger partial charge on any atom is -0.397 e. The van der Waals surface area contributed by atoms with Crippen molar-refractivity contribution in [3.05, 3.63) is 79.5 Å². The summed E-state index contributed by atoms with van der Waals surface area (Å²) in [4.78, 5) is 17.2. The lowest BCUT2D eigenvalue weighted by molar-refractivity contribution is 1.19. The van der Waals surface area contributed by atoms with Gasteiger partial charge < -0.3 is 16.4 Å². The first-order valence-electron chi connectivity index (χ1n) is 9.10. The van der Waals surface area contributed by atoms with Gasteiger partial charge in [0.2, 0.25) is 0 Å². The summed E-state index contributed by atoms with van der Waals surface area (Å²) < 4.78 is 0. The van der Waals surface area contributed by atoms with E-state index in [0.717, 1.165) is 38.9 Å². The molecule has 0 bridgehead atoms. The second-order valence-corrected chi connectivity index (χ2v) is 6.50. The summed E-state index contributed by atoms with van der Waals surface area (Å²) in [6, 6.07) is 15.8. The summed E-state index contributed by atoms with van der Waals surface area (Å²) in [5, 5.41) is 9.74. The number of hydrogen-bond donors (Lipinski definition) is 3. The summed E-state index contributed by atoms with van der Waals surface area (Å²) in [7, 11) is 0. The van der Waals surface area contributed by atoms with Gasteiger partial charge in [-0.25, -0.2) is 9.97 Å². The largest absolute Gasteiger partial charge is 0.397 e. The lowest BCUT2D eigenvalue weighted by Crippen LogP contribution is -1.99. The van der Waals surface area contributed by atoms with Gasteiger partial charge in [-0.15, -0.1) is 0 Å². The Bertz CT molecular complexity index is 1320. The molecule has 0 aliphatic rings. The third kappa shape index (κ3) is 3.14. The highest BCUT2D eigenvalue weighted by molar-refractivity contribution is 6.04. The number of anilines is 5. The quantitative estimate of drug-likeness (QED) is 0.391. The average Bonchev–Trinajstić information content (AvgIpc) is 2.76. The first-order valence-corrected chi connectivity index (χ1v) is 9.10. The Kier molecular flexibility index (Phi) is 4.10. The highest BCUT2D eigenvalue weighted by Crippen LogP contribution is 2.33. The van der Waals surface area contributed by atoms with Gasteiger partial charge >= 0.3 is 0 Å². The maximum absolute atomic E-state index is 6.08. The van der Waals surface area contributed by atoms with Gasteiger partial charge in [0.05, 0.1) is 17.4 Å². The van der Waals surface area contributed by atoms with Crippen molar-refractivity contribution < 1.29 is 0 Å². The van der Waals surface area contributed by atoms with Crippen molar-refractivity contribution >= 4 is 50.4 Å². The van der Waals surface area contributed by atoms with Gasteiger partial charge in [0.15, 0.2) is 0 Å². The fourth-order valence-corrected chi connectivity index (χ4v) is 3.35. The molecule has 5 rings (SSSR count). The van der Waals surface area contributed by atoms with E-state index in [1.807, 2.05) is 48.5 Å². The third-order valence-electron chi connectivity index (χ3n) is 4.69. The molecule has 0 fully saturated rings. The summed E-state index contributed by atoms with van der Waals surface area (Å²) in [5.74, 6) is 1.36. The number of nitrogen functional groups attached to an aromatic ring is 1. The van der Waals surface area contributed by atoms with Crippen molar-refractivity contribution in [1.82, 2.24) is 19.9 Å². The maximum Gasteiger partial charge on any atom is 0.150 e. The molecule has 7 nitrogen and oxygen atoms in total. The Morgan fingerprint density at radius 2 is 1.48 bits per heavy atom. The first kappa shape index (κ1) is 16.9. The molecule has 2 aromatic carbocycles. The lowest BCUT2D eigenvalue weighted by Gasteiger charge is -2.14. The number of nitrogens with zero attached hydrogens (tertiary/aromatic N) is 4. The highest BCUT2D eigenvalue weighted by atomic mass is 15.1. The number of para-hydroxylation sites is 1. The van der Waals surface area contributed by atoms with Crippen LogP contribution in [0.4, 0.5) is 28.7 Å². The minimum atomic E-state index is 0.640. The first-order chi connectivity index (χ1) is 14.3. The molecule has 29 heavy (non-hydrogen) atoms. The predicted octanol–water partition coefficient (Wildman–Crippen LogP) is 4.64. The van der Waals surface area contributed by atoms with Gasteiger partial charge in [-0.2, -0.15) is 0 Å². The normalized spacial score (nSPS) is 10.9. The SMILES string of the molecule is Nc1cccc2c(Nc3cccc4c(Nc5cnccn5)nccc34)ccnc12. The van der Waals surface area contributed by atoms with Crippen LogP contribution in [0.5, 0.6) is 0 Å². The standard InChI is InChI=1S/C22H17N7/c23-17-5-1-4-16-19(8-10-26-21(16)17)28-18-6-2-3-15-14(18)7-9-27-22(15)29-20-13-24-11-12-25-20/h1-13H,23H2,(H,26,28)(H,25,27,29). The zero-order valence-corrected chi connectivity index (χ0v) is 15.4. The Labute approximate surface area is 166 Å². The van der Waals surface area contributed by atoms with Crippen LogP contribution in [0.3, 0.4) is 0 Å². The predicted molar refractivity (Wildman–Crippen MR) is 116 cm³/mol. The topological polar surface area (TPSA) is 102 Å². The molecule has 0 amide bonds. The molecular weight excluding hydrogens is 362 g/mol. The monoisotopic (exact) mass is 379 g/mol. The van der Waals surface area contributed by atoms with E-state index in [0.29, 0.717) is 11.5 Å². The molecule has 3 aromatic heterocycles. The van der Waals surface area contributed by atoms with Crippen LogP contribution in [-0.4, -0.2) is 19.9 Å². The lowest BCUT2D eigenvalue weighted by atomic mass is 10.1. The molecule has 4 N–H and O–H groups in total. The molecule has 0 saturated heterocycles. The molecule has 7 heteroatoms. The van der Waals surface area contributed by atoms with Crippen molar-refractivity contribution in [2.24, 2.45) is 0 Å². The number of nitrogens with two attached hydrogens (primary N) is 1. The number of rotatable bonds is 4. The van der Waals surface area contributed by atoms with Crippen LogP contribution in [0, 0.1) is 0 Å².